The van der Waals surface area contributed by atoms with Crippen molar-refractivity contribution >= 4 is 36.8 Å². The molecule has 2 heterocycles. The molecule has 1 aromatic carbocycles. The van der Waals surface area contributed by atoms with Crippen LogP contribution in [0.25, 0.3) is 5.52 Å². The first-order chi connectivity index (χ1) is 14.5. The van der Waals surface area contributed by atoms with Crippen LogP contribution < -0.4 is 10.6 Å². The molecule has 2 amide bonds. The van der Waals surface area contributed by atoms with Gasteiger partial charge in [-0.2, -0.15) is 5.10 Å². The van der Waals surface area contributed by atoms with Crippen molar-refractivity contribution in [2.75, 3.05) is 12.1 Å². The summed E-state index contributed by atoms with van der Waals surface area (Å²) in [6.07, 6.45) is 2.08. The van der Waals surface area contributed by atoms with Gasteiger partial charge in [-0.3, -0.25) is 10.1 Å². The SMILES string of the molecule is Cc1ccc(C(=O)NC(=O)OCOP(=O)(O)O)cc1Nc1ncnn2cc(C)c(C)c12. The average Bonchev–Trinajstić information content (AvgIpc) is 2.97. The Labute approximate surface area is 176 Å². The Kier molecular flexibility index (Phi) is 6.37. The standard InChI is InChI=1S/C18H20N5O7P/c1-10-4-5-13(17(24)22-18(25)29-9-30-31(26,27)28)6-14(10)21-16-15-12(3)11(2)7-23(15)20-8-19-16/h4-8H,9H2,1-3H3,(H,19,20,21)(H,22,24,25)(H2,26,27,28). The lowest BCUT2D eigenvalue weighted by atomic mass is 10.1. The van der Waals surface area contributed by atoms with Gasteiger partial charge >= 0.3 is 13.9 Å². The fourth-order valence-corrected chi connectivity index (χ4v) is 2.94. The summed E-state index contributed by atoms with van der Waals surface area (Å²) in [5.74, 6) is -0.220. The summed E-state index contributed by atoms with van der Waals surface area (Å²) < 4.78 is 20.7. The first-order valence-corrected chi connectivity index (χ1v) is 10.4. The Morgan fingerprint density at radius 2 is 1.94 bits per heavy atom. The Balaban J connectivity index is 1.76. The highest BCUT2D eigenvalue weighted by Crippen LogP contribution is 2.35. The molecular formula is C18H20N5O7P. The second-order valence-electron chi connectivity index (χ2n) is 6.62. The van der Waals surface area contributed by atoms with Crippen LogP contribution in [0.1, 0.15) is 27.0 Å². The van der Waals surface area contributed by atoms with Gasteiger partial charge in [-0.15, -0.1) is 0 Å². The molecule has 3 rings (SSSR count). The molecule has 0 aliphatic rings. The monoisotopic (exact) mass is 449 g/mol. The van der Waals surface area contributed by atoms with Crippen molar-refractivity contribution in [3.05, 3.63) is 53.0 Å². The van der Waals surface area contributed by atoms with Gasteiger partial charge in [0.05, 0.1) is 0 Å². The van der Waals surface area contributed by atoms with Crippen molar-refractivity contribution in [1.82, 2.24) is 19.9 Å². The van der Waals surface area contributed by atoms with Crippen LogP contribution in [0.5, 0.6) is 0 Å². The molecule has 2 aromatic heterocycles. The van der Waals surface area contributed by atoms with Crippen LogP contribution in [-0.4, -0.2) is 43.2 Å². The number of nitrogens with one attached hydrogen (secondary N) is 2. The van der Waals surface area contributed by atoms with Gasteiger partial charge in [0.2, 0.25) is 6.79 Å². The van der Waals surface area contributed by atoms with E-state index < -0.39 is 26.6 Å². The minimum absolute atomic E-state index is 0.148. The Morgan fingerprint density at radius 3 is 2.65 bits per heavy atom. The van der Waals surface area contributed by atoms with E-state index >= 15 is 0 Å². The summed E-state index contributed by atoms with van der Waals surface area (Å²) in [6.45, 7) is 4.75. The van der Waals surface area contributed by atoms with Crippen LogP contribution in [0, 0.1) is 20.8 Å². The molecule has 0 bridgehead atoms. The predicted octanol–water partition coefficient (Wildman–Crippen LogP) is 2.33. The van der Waals surface area contributed by atoms with Crippen LogP contribution in [-0.2, 0) is 13.8 Å². The minimum atomic E-state index is -4.79. The van der Waals surface area contributed by atoms with Gasteiger partial charge in [-0.25, -0.2) is 23.4 Å². The number of phosphoric ester groups is 1. The maximum absolute atomic E-state index is 12.3. The van der Waals surface area contributed by atoms with Gasteiger partial charge in [0.15, 0.2) is 5.82 Å². The lowest BCUT2D eigenvalue weighted by Gasteiger charge is -2.12. The smallest absolute Gasteiger partial charge is 0.421 e. The van der Waals surface area contributed by atoms with Gasteiger partial charge in [0.1, 0.15) is 11.8 Å². The van der Waals surface area contributed by atoms with Crippen molar-refractivity contribution in [2.24, 2.45) is 0 Å². The zero-order valence-corrected chi connectivity index (χ0v) is 17.7. The van der Waals surface area contributed by atoms with E-state index in [9.17, 15) is 14.2 Å². The van der Waals surface area contributed by atoms with Gasteiger partial charge < -0.3 is 19.8 Å². The van der Waals surface area contributed by atoms with Crippen molar-refractivity contribution in [3.63, 3.8) is 0 Å². The molecule has 31 heavy (non-hydrogen) atoms. The van der Waals surface area contributed by atoms with E-state index in [1.807, 2.05) is 32.3 Å². The maximum Gasteiger partial charge on any atom is 0.472 e. The first-order valence-electron chi connectivity index (χ1n) is 8.90. The van der Waals surface area contributed by atoms with Crippen molar-refractivity contribution in [2.45, 2.75) is 20.8 Å². The Hall–Kier alpha value is -3.31. The second-order valence-corrected chi connectivity index (χ2v) is 7.86. The molecule has 0 unspecified atom stereocenters. The molecule has 13 heteroatoms. The van der Waals surface area contributed by atoms with Crippen molar-refractivity contribution < 1.29 is 33.2 Å². The van der Waals surface area contributed by atoms with Crippen LogP contribution in [0.3, 0.4) is 0 Å². The summed E-state index contributed by atoms with van der Waals surface area (Å²) in [5.41, 5.74) is 4.42. The molecule has 4 N–H and O–H groups in total. The van der Waals surface area contributed by atoms with Crippen molar-refractivity contribution in [1.29, 1.82) is 0 Å². The van der Waals surface area contributed by atoms with Crippen LogP contribution in [0.15, 0.2) is 30.7 Å². The number of aromatic nitrogens is 3. The highest BCUT2D eigenvalue weighted by molar-refractivity contribution is 7.46. The van der Waals surface area contributed by atoms with Crippen LogP contribution in [0.2, 0.25) is 0 Å². The topological polar surface area (TPSA) is 164 Å². The van der Waals surface area contributed by atoms with E-state index in [0.29, 0.717) is 11.5 Å². The highest BCUT2D eigenvalue weighted by atomic mass is 31.2. The van der Waals surface area contributed by atoms with Gasteiger partial charge in [-0.05, 0) is 49.6 Å². The number of fused-ring (bicyclic) bond motifs is 1. The average molecular weight is 449 g/mol. The van der Waals surface area contributed by atoms with Gasteiger partial charge in [0.25, 0.3) is 5.91 Å². The molecule has 0 radical (unpaired) electrons. The Morgan fingerprint density at radius 1 is 1.19 bits per heavy atom. The number of amides is 2. The fraction of sp³-hybridized carbons (Fsp3) is 0.222. The fourth-order valence-electron chi connectivity index (χ4n) is 2.75. The van der Waals surface area contributed by atoms with Crippen molar-refractivity contribution in [3.8, 4) is 0 Å². The number of alkyl carbamates (subject to hydrolysis) is 1. The lowest BCUT2D eigenvalue weighted by Crippen LogP contribution is -2.31. The van der Waals surface area contributed by atoms with E-state index in [4.69, 9.17) is 9.79 Å². The highest BCUT2D eigenvalue weighted by Gasteiger charge is 2.17. The third-order valence-electron chi connectivity index (χ3n) is 4.46. The number of carbonyl (C=O) groups excluding carboxylic acids is 2. The maximum atomic E-state index is 12.3. The number of phosphoric acid groups is 1. The molecule has 0 fully saturated rings. The van der Waals surface area contributed by atoms with E-state index in [1.54, 1.807) is 10.6 Å². The molecule has 12 nitrogen and oxygen atoms in total. The number of anilines is 2. The van der Waals surface area contributed by atoms with E-state index in [2.05, 4.69) is 24.7 Å². The summed E-state index contributed by atoms with van der Waals surface area (Å²) in [4.78, 5) is 45.3. The molecule has 3 aromatic rings. The quantitative estimate of drug-likeness (QED) is 0.324. The third kappa shape index (κ3) is 5.44. The van der Waals surface area contributed by atoms with E-state index in [1.165, 1.54) is 18.5 Å². The number of hydrogen-bond donors (Lipinski definition) is 4. The largest absolute Gasteiger partial charge is 0.472 e. The second kappa shape index (κ2) is 8.82. The minimum Gasteiger partial charge on any atom is -0.421 e. The van der Waals surface area contributed by atoms with E-state index in [0.717, 1.165) is 22.2 Å². The number of rotatable bonds is 6. The number of nitrogens with zero attached hydrogens (tertiary/aromatic N) is 3. The molecule has 0 spiro atoms. The normalized spacial score (nSPS) is 11.4. The molecule has 0 aliphatic carbocycles. The zero-order valence-electron chi connectivity index (χ0n) is 16.8. The summed E-state index contributed by atoms with van der Waals surface area (Å²) in [6, 6.07) is 4.74. The Bertz CT molecular complexity index is 1200. The van der Waals surface area contributed by atoms with E-state index in [-0.39, 0.29) is 5.56 Å². The third-order valence-corrected chi connectivity index (χ3v) is 4.90. The summed E-state index contributed by atoms with van der Waals surface area (Å²) >= 11 is 0. The summed E-state index contributed by atoms with van der Waals surface area (Å²) in [5, 5.41) is 9.34. The van der Waals surface area contributed by atoms with Gasteiger partial charge in [-0.1, -0.05) is 6.07 Å². The first kappa shape index (κ1) is 22.4. The summed E-state index contributed by atoms with van der Waals surface area (Å²) in [7, 11) is -4.79. The molecule has 0 saturated heterocycles. The molecular weight excluding hydrogens is 429 g/mol. The number of imide groups is 1. The predicted molar refractivity (Wildman–Crippen MR) is 109 cm³/mol. The number of ether oxygens (including phenoxy) is 1. The number of hydrogen-bond acceptors (Lipinski definition) is 8. The van der Waals surface area contributed by atoms with Gasteiger partial charge in [0, 0.05) is 17.4 Å². The number of benzene rings is 1. The number of aryl methyl sites for hydroxylation is 3. The number of carbonyl (C=O) groups is 2. The van der Waals surface area contributed by atoms with Crippen LogP contribution in [0.4, 0.5) is 16.3 Å². The molecule has 0 atom stereocenters. The molecule has 0 aliphatic heterocycles. The molecule has 0 saturated carbocycles. The lowest BCUT2D eigenvalue weighted by molar-refractivity contribution is 0.0395. The van der Waals surface area contributed by atoms with Crippen LogP contribution >= 0.6 is 7.82 Å². The molecule has 164 valence electrons. The zero-order chi connectivity index (χ0) is 22.8.